The zero-order chi connectivity index (χ0) is 36.8. The van der Waals surface area contributed by atoms with Crippen LogP contribution in [0.4, 0.5) is 0 Å². The van der Waals surface area contributed by atoms with E-state index in [1.165, 1.54) is 5.56 Å². The van der Waals surface area contributed by atoms with Crippen molar-refractivity contribution in [1.82, 2.24) is 29.4 Å². The van der Waals surface area contributed by atoms with Crippen molar-refractivity contribution in [2.45, 2.75) is 45.4 Å². The zero-order valence-electron chi connectivity index (χ0n) is 30.0. The van der Waals surface area contributed by atoms with Crippen LogP contribution < -0.4 is 0 Å². The molecule has 0 aromatic heterocycles. The van der Waals surface area contributed by atoms with E-state index in [1.54, 1.807) is 18.7 Å². The van der Waals surface area contributed by atoms with E-state index in [2.05, 4.69) is 26.8 Å². The van der Waals surface area contributed by atoms with Crippen molar-refractivity contribution in [3.63, 3.8) is 0 Å². The maximum atomic E-state index is 13.5. The van der Waals surface area contributed by atoms with E-state index in [0.29, 0.717) is 97.9 Å². The van der Waals surface area contributed by atoms with Gasteiger partial charge in [0.25, 0.3) is 0 Å². The molecule has 4 atom stereocenters. The van der Waals surface area contributed by atoms with E-state index in [0.717, 1.165) is 13.1 Å². The molecule has 2 saturated heterocycles. The Bertz CT molecular complexity index is 1260. The molecule has 1 aromatic rings. The largest absolute Gasteiger partial charge is 0.392 e. The normalized spacial score (nSPS) is 23.4. The number of benzene rings is 1. The number of nitrogens with zero attached hydrogens (tertiary/aromatic N) is 6. The quantitative estimate of drug-likeness (QED) is 0.124. The van der Waals surface area contributed by atoms with Gasteiger partial charge in [0.05, 0.1) is 24.8 Å². The second-order valence-corrected chi connectivity index (χ2v) is 20.8. The van der Waals surface area contributed by atoms with Gasteiger partial charge in [-0.05, 0) is 25.3 Å². The first-order valence-corrected chi connectivity index (χ1v) is 23.8. The van der Waals surface area contributed by atoms with Crippen LogP contribution in [0.1, 0.15) is 32.3 Å². The van der Waals surface area contributed by atoms with Crippen molar-refractivity contribution in [2.75, 3.05) is 123 Å². The number of β-amino-alcohol motifs (C(OH)–C–C–N with tert-alkyl or cyclic N) is 2. The molecule has 290 valence electrons. The first kappa shape index (κ1) is 43.8. The van der Waals surface area contributed by atoms with Crippen LogP contribution in [-0.4, -0.2) is 194 Å². The molecule has 6 N–H and O–H groups in total. The summed E-state index contributed by atoms with van der Waals surface area (Å²) in [5, 5.41) is 20.9. The molecule has 1 aromatic carbocycles. The maximum Gasteiger partial charge on any atom is 0.339 e. The van der Waals surface area contributed by atoms with E-state index in [-0.39, 0.29) is 31.2 Å². The standard InChI is InChI=1S/C32H63N6O9P3/c1-3-48(41,42)27-36-17-14-34(25-31-8-5-4-6-9-31)15-18-37(22-21-36)28-49(43,44)23-7-10-32(40)26-35-12-11-33(24-30(2)39)13-19-38(20-16-35)29-50(45,46)47/h4-6,8-9,30,32,39-40H,3,7,10-29H2,1-2H3,(H,41,42)(H,43,44)(H2,45,46,47)/t30-,32-/m0/s1. The summed E-state index contributed by atoms with van der Waals surface area (Å²) < 4.78 is 37.8. The Hall–Kier alpha value is -0.570. The highest BCUT2D eigenvalue weighted by Gasteiger charge is 2.28. The molecule has 0 amide bonds. The third-order valence-corrected chi connectivity index (χ3v) is 13.9. The van der Waals surface area contributed by atoms with Crippen molar-refractivity contribution < 1.29 is 43.5 Å². The fraction of sp³-hybridized carbons (Fsp3) is 0.812. The highest BCUT2D eigenvalue weighted by Crippen LogP contribution is 2.43. The molecule has 0 spiro atoms. The summed E-state index contributed by atoms with van der Waals surface area (Å²) in [6.07, 6.45) is -0.547. The van der Waals surface area contributed by atoms with Gasteiger partial charge in [0, 0.05) is 110 Å². The molecule has 0 radical (unpaired) electrons. The number of hydrogen-bond donors (Lipinski definition) is 6. The minimum atomic E-state index is -4.25. The van der Waals surface area contributed by atoms with Gasteiger partial charge in [-0.15, -0.1) is 0 Å². The third-order valence-electron chi connectivity index (χ3n) is 9.40. The van der Waals surface area contributed by atoms with E-state index in [9.17, 15) is 43.5 Å². The summed E-state index contributed by atoms with van der Waals surface area (Å²) in [6, 6.07) is 10.1. The highest BCUT2D eigenvalue weighted by molar-refractivity contribution is 7.58. The molecule has 2 aliphatic heterocycles. The Morgan fingerprint density at radius 2 is 1.06 bits per heavy atom. The van der Waals surface area contributed by atoms with Crippen molar-refractivity contribution in [1.29, 1.82) is 0 Å². The number of hydrogen-bond acceptors (Lipinski definition) is 11. The van der Waals surface area contributed by atoms with Crippen LogP contribution in [0.5, 0.6) is 0 Å². The van der Waals surface area contributed by atoms with Crippen molar-refractivity contribution in [3.05, 3.63) is 35.9 Å². The number of rotatable bonds is 17. The molecule has 2 fully saturated rings. The average molecular weight is 769 g/mol. The van der Waals surface area contributed by atoms with E-state index < -0.39 is 34.5 Å². The van der Waals surface area contributed by atoms with Gasteiger partial charge in [-0.2, -0.15) is 0 Å². The van der Waals surface area contributed by atoms with Gasteiger partial charge in [-0.1, -0.05) is 37.3 Å². The van der Waals surface area contributed by atoms with Gasteiger partial charge >= 0.3 is 7.60 Å². The Morgan fingerprint density at radius 3 is 1.54 bits per heavy atom. The Labute approximate surface area is 298 Å². The predicted molar refractivity (Wildman–Crippen MR) is 198 cm³/mol. The minimum Gasteiger partial charge on any atom is -0.392 e. The molecule has 18 heteroatoms. The number of aliphatic hydroxyl groups is 2. The summed E-state index contributed by atoms with van der Waals surface area (Å²) in [5.74, 6) is 0. The second-order valence-electron chi connectivity index (χ2n) is 14.2. The van der Waals surface area contributed by atoms with E-state index in [1.807, 2.05) is 28.0 Å². The predicted octanol–water partition coefficient (Wildman–Crippen LogP) is 1.16. The topological polar surface area (TPSA) is 192 Å². The molecule has 2 unspecified atom stereocenters. The van der Waals surface area contributed by atoms with Crippen molar-refractivity contribution in [3.8, 4) is 0 Å². The van der Waals surface area contributed by atoms with E-state index >= 15 is 0 Å². The zero-order valence-corrected chi connectivity index (χ0v) is 32.7. The van der Waals surface area contributed by atoms with Gasteiger partial charge in [0.2, 0.25) is 14.7 Å². The molecule has 15 nitrogen and oxygen atoms in total. The third kappa shape index (κ3) is 18.5. The minimum absolute atomic E-state index is 0.0152. The van der Waals surface area contributed by atoms with Crippen molar-refractivity contribution >= 4 is 22.3 Å². The lowest BCUT2D eigenvalue weighted by atomic mass is 10.2. The van der Waals surface area contributed by atoms with Gasteiger partial charge < -0.3 is 29.8 Å². The maximum absolute atomic E-state index is 13.5. The first-order valence-electron chi connectivity index (χ1n) is 17.9. The molecule has 0 saturated carbocycles. The molecule has 2 heterocycles. The summed E-state index contributed by atoms with van der Waals surface area (Å²) in [5.41, 5.74) is 1.17. The average Bonchev–Trinajstić information content (AvgIpc) is 3.16. The smallest absolute Gasteiger partial charge is 0.339 e. The highest BCUT2D eigenvalue weighted by atomic mass is 31.2. The fourth-order valence-corrected chi connectivity index (χ4v) is 10.2. The lowest BCUT2D eigenvalue weighted by Gasteiger charge is -2.29. The van der Waals surface area contributed by atoms with Crippen LogP contribution in [0.3, 0.4) is 0 Å². The SMILES string of the molecule is CCP(=O)(O)CN1CCN(Cc2ccccc2)CCN(CP(=O)(O)CCC[C@H](O)CN2CCN(C[C@H](C)O)CCN(CP(=O)(O)O)CC2)CC1. The molecule has 3 rings (SSSR count). The van der Waals surface area contributed by atoms with Crippen LogP contribution in [0.2, 0.25) is 0 Å². The molecule has 0 bridgehead atoms. The van der Waals surface area contributed by atoms with Gasteiger partial charge in [-0.25, -0.2) is 0 Å². The van der Waals surface area contributed by atoms with Crippen LogP contribution in [0.25, 0.3) is 0 Å². The van der Waals surface area contributed by atoms with Gasteiger partial charge in [-0.3, -0.25) is 43.1 Å². The van der Waals surface area contributed by atoms with Gasteiger partial charge in [0.15, 0.2) is 0 Å². The van der Waals surface area contributed by atoms with E-state index in [4.69, 9.17) is 0 Å². The lowest BCUT2D eigenvalue weighted by molar-refractivity contribution is 0.0903. The summed E-state index contributed by atoms with van der Waals surface area (Å²) >= 11 is 0. The van der Waals surface area contributed by atoms with Crippen LogP contribution >= 0.6 is 22.3 Å². The summed E-state index contributed by atoms with van der Waals surface area (Å²) in [7, 11) is -11.1. The van der Waals surface area contributed by atoms with Crippen LogP contribution in [-0.2, 0) is 20.2 Å². The molecular weight excluding hydrogens is 705 g/mol. The number of aliphatic hydroxyl groups excluding tert-OH is 2. The summed E-state index contributed by atoms with van der Waals surface area (Å²) in [4.78, 5) is 52.7. The summed E-state index contributed by atoms with van der Waals surface area (Å²) in [6.45, 7) is 11.8. The molecule has 50 heavy (non-hydrogen) atoms. The van der Waals surface area contributed by atoms with Crippen LogP contribution in [0.15, 0.2) is 30.3 Å². The Morgan fingerprint density at radius 1 is 0.620 bits per heavy atom. The monoisotopic (exact) mass is 768 g/mol. The van der Waals surface area contributed by atoms with Crippen LogP contribution in [0, 0.1) is 0 Å². The Kier molecular flexibility index (Phi) is 18.7. The molecular formula is C32H63N6O9P3. The van der Waals surface area contributed by atoms with Crippen molar-refractivity contribution in [2.24, 2.45) is 0 Å². The molecule has 2 aliphatic rings. The van der Waals surface area contributed by atoms with Gasteiger partial charge in [0.1, 0.15) is 6.29 Å². The fourth-order valence-electron chi connectivity index (χ4n) is 6.55. The first-order chi connectivity index (χ1) is 23.5. The Balaban J connectivity index is 1.55. The molecule has 0 aliphatic carbocycles. The lowest BCUT2D eigenvalue weighted by Crippen LogP contribution is -2.41. The second kappa shape index (κ2) is 21.4.